The molecular formula is C31H28ClFN4O3. The fraction of sp³-hybridized carbons (Fsp3) is 0.355. The molecule has 3 aromatic heterocycles. The highest BCUT2D eigenvalue weighted by Crippen LogP contribution is 2.54. The minimum Gasteiger partial charge on any atom is -0.340 e. The molecule has 1 aromatic carbocycles. The molecule has 0 unspecified atom stereocenters. The summed E-state index contributed by atoms with van der Waals surface area (Å²) in [5, 5.41) is -0.0304. The van der Waals surface area contributed by atoms with Gasteiger partial charge >= 0.3 is 0 Å². The quantitative estimate of drug-likeness (QED) is 0.340. The number of fused-ring (bicyclic) bond motifs is 3. The van der Waals surface area contributed by atoms with Gasteiger partial charge in [0.15, 0.2) is 5.78 Å². The Bertz CT molecular complexity index is 1810. The minimum absolute atomic E-state index is 0.0304. The lowest BCUT2D eigenvalue weighted by Crippen LogP contribution is -2.29. The van der Waals surface area contributed by atoms with Crippen molar-refractivity contribution in [3.05, 3.63) is 97.4 Å². The highest BCUT2D eigenvalue weighted by atomic mass is 35.5. The lowest BCUT2D eigenvalue weighted by Gasteiger charge is -2.25. The van der Waals surface area contributed by atoms with Gasteiger partial charge in [-0.25, -0.2) is 9.37 Å². The Morgan fingerprint density at radius 2 is 1.90 bits per heavy atom. The SMILES string of the molecule is Cn1ccc(-c2cnc([C@H](CC3CC3)n3cc4c(cc3=O)-c3c(ccc(Cl)c3F)CC3(CC3)CC4=O)[nH]2)cc1=O. The monoisotopic (exact) mass is 558 g/mol. The van der Waals surface area contributed by atoms with Crippen LogP contribution in [0, 0.1) is 17.2 Å². The van der Waals surface area contributed by atoms with Crippen molar-refractivity contribution >= 4 is 17.4 Å². The Morgan fingerprint density at radius 3 is 2.62 bits per heavy atom. The van der Waals surface area contributed by atoms with Gasteiger partial charge in [-0.3, -0.25) is 14.4 Å². The molecule has 0 saturated heterocycles. The number of rotatable bonds is 5. The zero-order valence-corrected chi connectivity index (χ0v) is 22.8. The van der Waals surface area contributed by atoms with E-state index in [9.17, 15) is 14.4 Å². The molecule has 7 nitrogen and oxygen atoms in total. The second-order valence-corrected chi connectivity index (χ2v) is 12.2. The summed E-state index contributed by atoms with van der Waals surface area (Å²) in [6, 6.07) is 7.69. The van der Waals surface area contributed by atoms with Gasteiger partial charge in [-0.05, 0) is 54.7 Å². The van der Waals surface area contributed by atoms with E-state index in [4.69, 9.17) is 11.6 Å². The first kappa shape index (κ1) is 25.2. The van der Waals surface area contributed by atoms with E-state index in [0.29, 0.717) is 53.4 Å². The Hall–Kier alpha value is -3.78. The second kappa shape index (κ2) is 9.13. The fourth-order valence-corrected chi connectivity index (χ4v) is 6.23. The van der Waals surface area contributed by atoms with Gasteiger partial charge in [0.05, 0.1) is 23.0 Å². The molecule has 9 heteroatoms. The summed E-state index contributed by atoms with van der Waals surface area (Å²) in [4.78, 5) is 47.6. The summed E-state index contributed by atoms with van der Waals surface area (Å²) >= 11 is 6.19. The van der Waals surface area contributed by atoms with E-state index in [0.717, 1.165) is 31.2 Å². The maximum absolute atomic E-state index is 15.5. The minimum atomic E-state index is -0.595. The Kier molecular flexibility index (Phi) is 5.75. The van der Waals surface area contributed by atoms with E-state index >= 15 is 4.39 Å². The largest absolute Gasteiger partial charge is 0.340 e. The number of hydrogen-bond acceptors (Lipinski definition) is 4. The van der Waals surface area contributed by atoms with Crippen LogP contribution >= 0.6 is 11.6 Å². The number of Topliss-reactive ketones (excluding diaryl/α,β-unsaturated/α-hetero) is 1. The van der Waals surface area contributed by atoms with Gasteiger partial charge in [-0.1, -0.05) is 30.5 Å². The van der Waals surface area contributed by atoms with Crippen LogP contribution in [0.15, 0.2) is 58.5 Å². The van der Waals surface area contributed by atoms with E-state index in [1.165, 1.54) is 16.7 Å². The maximum Gasteiger partial charge on any atom is 0.251 e. The van der Waals surface area contributed by atoms with E-state index in [2.05, 4.69) is 9.97 Å². The van der Waals surface area contributed by atoms with Crippen LogP contribution in [-0.4, -0.2) is 24.9 Å². The van der Waals surface area contributed by atoms with Gasteiger partial charge in [-0.15, -0.1) is 0 Å². The van der Waals surface area contributed by atoms with Crippen LogP contribution < -0.4 is 11.1 Å². The number of nitrogens with one attached hydrogen (secondary N) is 1. The normalized spacial score (nSPS) is 18.1. The standard InChI is InChI=1S/C31H28ClFN4O3/c1-36-9-6-18(11-26(36)39)23-15-34-30(35-23)24(10-17-2-3-17)37-16-21-20(12-27(37)40)28-19(4-5-22(32)29(28)33)13-31(7-8-31)14-25(21)38/h4-6,9,11-12,15-17,24H,2-3,7-8,10,13-14H2,1H3,(H,34,35)/t24-/m0/s1. The molecule has 3 aliphatic rings. The first-order valence-corrected chi connectivity index (χ1v) is 14.1. The van der Waals surface area contributed by atoms with Crippen LogP contribution in [0.4, 0.5) is 4.39 Å². The number of aromatic nitrogens is 4. The number of H-pyrrole nitrogens is 1. The Labute approximate surface area is 234 Å². The van der Waals surface area contributed by atoms with E-state index in [-0.39, 0.29) is 32.9 Å². The molecule has 7 rings (SSSR count). The van der Waals surface area contributed by atoms with Crippen LogP contribution in [-0.2, 0) is 13.5 Å². The van der Waals surface area contributed by atoms with Crippen molar-refractivity contribution in [1.82, 2.24) is 19.1 Å². The third-order valence-corrected chi connectivity index (χ3v) is 9.10. The smallest absolute Gasteiger partial charge is 0.251 e. The lowest BCUT2D eigenvalue weighted by molar-refractivity contribution is 0.0953. The molecule has 1 atom stereocenters. The predicted molar refractivity (Wildman–Crippen MR) is 150 cm³/mol. The van der Waals surface area contributed by atoms with Gasteiger partial charge in [-0.2, -0.15) is 0 Å². The number of imidazole rings is 1. The van der Waals surface area contributed by atoms with Crippen molar-refractivity contribution in [3.63, 3.8) is 0 Å². The number of carbonyl (C=O) groups excluding carboxylic acids is 1. The first-order chi connectivity index (χ1) is 19.2. The van der Waals surface area contributed by atoms with Gasteiger partial charge < -0.3 is 14.1 Å². The maximum atomic E-state index is 15.5. The molecule has 0 aliphatic heterocycles. The molecule has 4 aromatic rings. The van der Waals surface area contributed by atoms with Gasteiger partial charge in [0.1, 0.15) is 11.6 Å². The number of pyridine rings is 2. The summed E-state index contributed by atoms with van der Waals surface area (Å²) in [5.41, 5.74) is 2.42. The number of benzene rings is 1. The summed E-state index contributed by atoms with van der Waals surface area (Å²) in [6.07, 6.45) is 10.6. The highest BCUT2D eigenvalue weighted by Gasteiger charge is 2.46. The van der Waals surface area contributed by atoms with Crippen molar-refractivity contribution in [2.75, 3.05) is 0 Å². The van der Waals surface area contributed by atoms with Crippen LogP contribution in [0.1, 0.15) is 66.3 Å². The Balaban J connectivity index is 1.37. The fourth-order valence-electron chi connectivity index (χ4n) is 6.08. The van der Waals surface area contributed by atoms with Crippen molar-refractivity contribution in [1.29, 1.82) is 0 Å². The number of halogens is 2. The molecule has 1 spiro atoms. The average molecular weight is 559 g/mol. The summed E-state index contributed by atoms with van der Waals surface area (Å²) in [5.74, 6) is 0.342. The van der Waals surface area contributed by atoms with Crippen molar-refractivity contribution in [2.24, 2.45) is 18.4 Å². The van der Waals surface area contributed by atoms with E-state index in [1.807, 2.05) is 12.1 Å². The molecule has 40 heavy (non-hydrogen) atoms. The molecule has 3 heterocycles. The van der Waals surface area contributed by atoms with Crippen LogP contribution in [0.25, 0.3) is 22.4 Å². The molecule has 2 fully saturated rings. The zero-order valence-electron chi connectivity index (χ0n) is 22.0. The predicted octanol–water partition coefficient (Wildman–Crippen LogP) is 5.70. The summed E-state index contributed by atoms with van der Waals surface area (Å²) in [6.45, 7) is 0. The topological polar surface area (TPSA) is 89.8 Å². The molecule has 2 saturated carbocycles. The van der Waals surface area contributed by atoms with Crippen LogP contribution in [0.3, 0.4) is 0 Å². The van der Waals surface area contributed by atoms with Crippen LogP contribution in [0.2, 0.25) is 5.02 Å². The third-order valence-electron chi connectivity index (χ3n) is 8.81. The number of aromatic amines is 1. The highest BCUT2D eigenvalue weighted by molar-refractivity contribution is 6.31. The lowest BCUT2D eigenvalue weighted by atomic mass is 9.81. The third kappa shape index (κ3) is 4.35. The van der Waals surface area contributed by atoms with Gasteiger partial charge in [0.25, 0.3) is 11.1 Å². The molecule has 0 radical (unpaired) electrons. The molecular weight excluding hydrogens is 531 g/mol. The summed E-state index contributed by atoms with van der Waals surface area (Å²) in [7, 11) is 1.69. The molecule has 0 amide bonds. The Morgan fingerprint density at radius 1 is 1.10 bits per heavy atom. The molecule has 1 N–H and O–H groups in total. The van der Waals surface area contributed by atoms with Gasteiger partial charge in [0, 0.05) is 60.2 Å². The van der Waals surface area contributed by atoms with Crippen molar-refractivity contribution in [3.8, 4) is 22.4 Å². The number of aryl methyl sites for hydroxylation is 1. The van der Waals surface area contributed by atoms with Crippen LogP contribution in [0.5, 0.6) is 0 Å². The van der Waals surface area contributed by atoms with Gasteiger partial charge in [0.2, 0.25) is 0 Å². The van der Waals surface area contributed by atoms with E-state index in [1.54, 1.807) is 36.3 Å². The second-order valence-electron chi connectivity index (χ2n) is 11.8. The molecule has 3 aliphatic carbocycles. The number of ketones is 1. The van der Waals surface area contributed by atoms with E-state index < -0.39 is 11.9 Å². The number of nitrogens with zero attached hydrogens (tertiary/aromatic N) is 3. The van der Waals surface area contributed by atoms with Crippen molar-refractivity contribution < 1.29 is 9.18 Å². The summed E-state index contributed by atoms with van der Waals surface area (Å²) < 4.78 is 18.6. The molecule has 204 valence electrons. The van der Waals surface area contributed by atoms with Crippen molar-refractivity contribution in [2.45, 2.75) is 51.0 Å². The average Bonchev–Trinajstić information content (AvgIpc) is 3.84. The zero-order chi connectivity index (χ0) is 27.8. The number of carbonyl (C=O) groups is 1. The number of hydrogen-bond donors (Lipinski definition) is 1. The molecule has 0 bridgehead atoms. The first-order valence-electron chi connectivity index (χ1n) is 13.7.